The van der Waals surface area contributed by atoms with E-state index in [2.05, 4.69) is 4.90 Å². The maximum absolute atomic E-state index is 13.2. The molecule has 0 saturated carbocycles. The minimum absolute atomic E-state index is 0.0347. The van der Waals surface area contributed by atoms with Crippen LogP contribution in [0.15, 0.2) is 12.1 Å². The first-order valence-corrected chi connectivity index (χ1v) is 7.07. The van der Waals surface area contributed by atoms with Gasteiger partial charge >= 0.3 is 6.18 Å². The Kier molecular flexibility index (Phi) is 3.43. The summed E-state index contributed by atoms with van der Waals surface area (Å²) in [5, 5.41) is 0. The molecule has 1 aromatic carbocycles. The highest BCUT2D eigenvalue weighted by molar-refractivity contribution is 5.98. The van der Waals surface area contributed by atoms with Crippen LogP contribution in [0.5, 0.6) is 0 Å². The summed E-state index contributed by atoms with van der Waals surface area (Å²) in [6.07, 6.45) is -2.26. The molecule has 1 amide bonds. The lowest BCUT2D eigenvalue weighted by molar-refractivity contribution is -0.138. The summed E-state index contributed by atoms with van der Waals surface area (Å²) in [5.74, 6) is -0.321. The van der Waals surface area contributed by atoms with Crippen LogP contribution < -0.4 is 0 Å². The van der Waals surface area contributed by atoms with Gasteiger partial charge in [-0.25, -0.2) is 0 Å². The van der Waals surface area contributed by atoms with Crippen molar-refractivity contribution in [3.8, 4) is 0 Å². The molecule has 3 rings (SSSR count). The van der Waals surface area contributed by atoms with Crippen molar-refractivity contribution in [2.24, 2.45) is 0 Å². The number of likely N-dealkylation sites (tertiary alicyclic amines) is 1. The molecule has 2 aliphatic heterocycles. The number of carbonyl (C=O) groups is 1. The van der Waals surface area contributed by atoms with E-state index in [0.29, 0.717) is 12.1 Å². The first kappa shape index (κ1) is 14.4. The van der Waals surface area contributed by atoms with Gasteiger partial charge in [0.15, 0.2) is 0 Å². The average molecular weight is 298 g/mol. The molecule has 0 atom stereocenters. The van der Waals surface area contributed by atoms with Crippen molar-refractivity contribution in [1.29, 1.82) is 0 Å². The molecule has 114 valence electrons. The van der Waals surface area contributed by atoms with Gasteiger partial charge in [0.05, 0.1) is 5.56 Å². The SMILES string of the molecule is CN1Cc2c(cc(CN3CCCC3)cc2C(F)(F)F)C1=O. The second-order valence-electron chi connectivity index (χ2n) is 5.81. The molecule has 0 aromatic heterocycles. The van der Waals surface area contributed by atoms with Gasteiger partial charge in [0.2, 0.25) is 0 Å². The van der Waals surface area contributed by atoms with Crippen molar-refractivity contribution < 1.29 is 18.0 Å². The van der Waals surface area contributed by atoms with Crippen molar-refractivity contribution >= 4 is 5.91 Å². The van der Waals surface area contributed by atoms with E-state index in [4.69, 9.17) is 0 Å². The van der Waals surface area contributed by atoms with Crippen molar-refractivity contribution in [3.05, 3.63) is 34.4 Å². The quantitative estimate of drug-likeness (QED) is 0.838. The maximum atomic E-state index is 13.2. The van der Waals surface area contributed by atoms with Crippen molar-refractivity contribution in [2.75, 3.05) is 20.1 Å². The van der Waals surface area contributed by atoms with Crippen molar-refractivity contribution in [1.82, 2.24) is 9.80 Å². The normalized spacial score (nSPS) is 19.4. The Balaban J connectivity index is 2.01. The van der Waals surface area contributed by atoms with Crippen LogP contribution in [0.25, 0.3) is 0 Å². The lowest BCUT2D eigenvalue weighted by atomic mass is 9.98. The van der Waals surface area contributed by atoms with Gasteiger partial charge < -0.3 is 4.90 Å². The van der Waals surface area contributed by atoms with Gasteiger partial charge in [0.25, 0.3) is 5.91 Å². The number of rotatable bonds is 2. The summed E-state index contributed by atoms with van der Waals surface area (Å²) in [4.78, 5) is 15.5. The molecule has 0 spiro atoms. The Morgan fingerprint density at radius 3 is 2.48 bits per heavy atom. The maximum Gasteiger partial charge on any atom is 0.416 e. The van der Waals surface area contributed by atoms with Gasteiger partial charge in [0.1, 0.15) is 0 Å². The third kappa shape index (κ3) is 2.64. The molecule has 1 fully saturated rings. The van der Waals surface area contributed by atoms with E-state index in [1.54, 1.807) is 6.07 Å². The van der Waals surface area contributed by atoms with E-state index < -0.39 is 11.7 Å². The van der Waals surface area contributed by atoms with Crippen LogP contribution in [-0.2, 0) is 19.3 Å². The predicted molar refractivity (Wildman–Crippen MR) is 71.8 cm³/mol. The Morgan fingerprint density at radius 2 is 1.86 bits per heavy atom. The minimum Gasteiger partial charge on any atom is -0.337 e. The molecular weight excluding hydrogens is 281 g/mol. The minimum atomic E-state index is -4.42. The van der Waals surface area contributed by atoms with Gasteiger partial charge in [-0.05, 0) is 49.2 Å². The number of nitrogens with zero attached hydrogens (tertiary/aromatic N) is 2. The molecule has 2 heterocycles. The number of carbonyl (C=O) groups excluding carboxylic acids is 1. The smallest absolute Gasteiger partial charge is 0.337 e. The van der Waals surface area contributed by atoms with E-state index in [0.717, 1.165) is 25.9 Å². The van der Waals surface area contributed by atoms with Crippen molar-refractivity contribution in [2.45, 2.75) is 32.1 Å². The molecule has 3 nitrogen and oxygen atoms in total. The van der Waals surface area contributed by atoms with E-state index in [-0.39, 0.29) is 23.6 Å². The summed E-state index contributed by atoms with van der Waals surface area (Å²) < 4.78 is 39.7. The van der Waals surface area contributed by atoms with Gasteiger partial charge in [-0.2, -0.15) is 13.2 Å². The van der Waals surface area contributed by atoms with E-state index in [1.807, 2.05) is 0 Å². The molecule has 2 aliphatic rings. The summed E-state index contributed by atoms with van der Waals surface area (Å²) in [5.41, 5.74) is 0.236. The fourth-order valence-corrected chi connectivity index (χ4v) is 3.15. The summed E-state index contributed by atoms with van der Waals surface area (Å²) in [6.45, 7) is 2.33. The topological polar surface area (TPSA) is 23.6 Å². The van der Waals surface area contributed by atoms with Crippen LogP contribution >= 0.6 is 0 Å². The summed E-state index contributed by atoms with van der Waals surface area (Å²) >= 11 is 0. The number of hydrogen-bond donors (Lipinski definition) is 0. The Labute approximate surface area is 121 Å². The predicted octanol–water partition coefficient (Wildman–Crippen LogP) is 2.89. The third-order valence-electron chi connectivity index (χ3n) is 4.19. The number of halogens is 3. The van der Waals surface area contributed by atoms with Gasteiger partial charge in [-0.1, -0.05) is 0 Å². The van der Waals surface area contributed by atoms with Gasteiger partial charge in [-0.3, -0.25) is 9.69 Å². The zero-order chi connectivity index (χ0) is 15.2. The Morgan fingerprint density at radius 1 is 1.19 bits per heavy atom. The largest absolute Gasteiger partial charge is 0.416 e. The van der Waals surface area contributed by atoms with E-state index >= 15 is 0 Å². The molecule has 0 bridgehead atoms. The fourth-order valence-electron chi connectivity index (χ4n) is 3.15. The summed E-state index contributed by atoms with van der Waals surface area (Å²) in [7, 11) is 1.53. The highest BCUT2D eigenvalue weighted by Crippen LogP contribution is 2.38. The first-order valence-electron chi connectivity index (χ1n) is 7.07. The number of alkyl halides is 3. The van der Waals surface area contributed by atoms with Crippen LogP contribution in [-0.4, -0.2) is 35.8 Å². The monoisotopic (exact) mass is 298 g/mol. The Hall–Kier alpha value is -1.56. The molecule has 21 heavy (non-hydrogen) atoms. The number of benzene rings is 1. The van der Waals surface area contributed by atoms with Gasteiger partial charge in [-0.15, -0.1) is 0 Å². The average Bonchev–Trinajstić information content (AvgIpc) is 2.99. The number of hydrogen-bond acceptors (Lipinski definition) is 2. The second kappa shape index (κ2) is 5.02. The molecular formula is C15H17F3N2O. The first-order chi connectivity index (χ1) is 9.86. The lowest BCUT2D eigenvalue weighted by Gasteiger charge is -2.18. The van der Waals surface area contributed by atoms with E-state index in [9.17, 15) is 18.0 Å². The fraction of sp³-hybridized carbons (Fsp3) is 0.533. The molecule has 0 N–H and O–H groups in total. The molecule has 0 unspecified atom stereocenters. The molecule has 0 aliphatic carbocycles. The second-order valence-corrected chi connectivity index (χ2v) is 5.81. The number of amides is 1. The van der Waals surface area contributed by atoms with Crippen LogP contribution in [0.4, 0.5) is 13.2 Å². The zero-order valence-electron chi connectivity index (χ0n) is 11.8. The number of fused-ring (bicyclic) bond motifs is 1. The summed E-state index contributed by atoms with van der Waals surface area (Å²) in [6, 6.07) is 2.85. The molecule has 1 aromatic rings. The third-order valence-corrected chi connectivity index (χ3v) is 4.19. The van der Waals surface area contributed by atoms with Crippen LogP contribution in [0, 0.1) is 0 Å². The highest BCUT2D eigenvalue weighted by Gasteiger charge is 2.39. The Bertz CT molecular complexity index is 577. The van der Waals surface area contributed by atoms with Crippen LogP contribution in [0.3, 0.4) is 0 Å². The molecule has 0 radical (unpaired) electrons. The lowest BCUT2D eigenvalue weighted by Crippen LogP contribution is -2.20. The molecule has 1 saturated heterocycles. The van der Waals surface area contributed by atoms with E-state index in [1.165, 1.54) is 18.0 Å². The van der Waals surface area contributed by atoms with Crippen LogP contribution in [0.1, 0.15) is 39.9 Å². The van der Waals surface area contributed by atoms with Crippen molar-refractivity contribution in [3.63, 3.8) is 0 Å². The van der Waals surface area contributed by atoms with Crippen LogP contribution in [0.2, 0.25) is 0 Å². The van der Waals surface area contributed by atoms with Gasteiger partial charge in [0, 0.05) is 25.7 Å². The highest BCUT2D eigenvalue weighted by atomic mass is 19.4. The zero-order valence-corrected chi connectivity index (χ0v) is 11.8. The standard InChI is InChI=1S/C15H17F3N2O/c1-19-9-12-11(14(19)21)6-10(7-13(12)15(16,17)18)8-20-4-2-3-5-20/h6-7H,2-5,8-9H2,1H3. The molecule has 6 heteroatoms.